The maximum atomic E-state index is 12.8. The van der Waals surface area contributed by atoms with Crippen LogP contribution in [0.15, 0.2) is 41.6 Å². The van der Waals surface area contributed by atoms with E-state index in [2.05, 4.69) is 9.82 Å². The van der Waals surface area contributed by atoms with Crippen molar-refractivity contribution in [3.8, 4) is 5.69 Å². The van der Waals surface area contributed by atoms with Crippen molar-refractivity contribution in [2.24, 2.45) is 0 Å². The monoisotopic (exact) mass is 362 g/mol. The fourth-order valence-corrected chi connectivity index (χ4v) is 4.55. The Bertz CT molecular complexity index is 862. The van der Waals surface area contributed by atoms with Gasteiger partial charge in [-0.25, -0.2) is 17.8 Å². The number of carbonyl (C=O) groups is 1. The van der Waals surface area contributed by atoms with E-state index in [9.17, 15) is 13.2 Å². The van der Waals surface area contributed by atoms with Crippen LogP contribution in [-0.2, 0) is 14.8 Å². The number of amides is 1. The van der Waals surface area contributed by atoms with E-state index in [-0.39, 0.29) is 17.2 Å². The first kappa shape index (κ1) is 17.6. The van der Waals surface area contributed by atoms with E-state index < -0.39 is 16.1 Å². The average molecular weight is 362 g/mol. The molecule has 2 aromatic rings. The zero-order valence-corrected chi connectivity index (χ0v) is 15.2. The Labute approximate surface area is 147 Å². The first-order valence-corrected chi connectivity index (χ1v) is 9.80. The van der Waals surface area contributed by atoms with E-state index >= 15 is 0 Å². The van der Waals surface area contributed by atoms with E-state index in [1.54, 1.807) is 47.1 Å². The van der Waals surface area contributed by atoms with Crippen molar-refractivity contribution in [3.05, 3.63) is 42.2 Å². The summed E-state index contributed by atoms with van der Waals surface area (Å²) in [5.41, 5.74) is 1.32. The van der Waals surface area contributed by atoms with Gasteiger partial charge in [-0.15, -0.1) is 0 Å². The molecule has 1 aromatic heterocycles. The third-order valence-corrected chi connectivity index (χ3v) is 5.92. The number of nitrogens with one attached hydrogen (secondary N) is 1. The molecule has 1 aliphatic rings. The van der Waals surface area contributed by atoms with E-state index in [1.165, 1.54) is 0 Å². The van der Waals surface area contributed by atoms with Gasteiger partial charge in [-0.2, -0.15) is 5.10 Å². The van der Waals surface area contributed by atoms with Crippen LogP contribution in [0.2, 0.25) is 0 Å². The SMILES string of the molecule is CCCN1C[C@H](NS(=O)(=O)c2cc(-n3cccn3)ccc2C)CC1=O. The molecule has 0 bridgehead atoms. The van der Waals surface area contributed by atoms with E-state index in [1.807, 2.05) is 13.0 Å². The molecule has 1 saturated heterocycles. The highest BCUT2D eigenvalue weighted by molar-refractivity contribution is 7.89. The Kier molecular flexibility index (Phi) is 4.91. The van der Waals surface area contributed by atoms with Crippen LogP contribution in [0.1, 0.15) is 25.3 Å². The van der Waals surface area contributed by atoms with Crippen molar-refractivity contribution < 1.29 is 13.2 Å². The largest absolute Gasteiger partial charge is 0.341 e. The number of aryl methyl sites for hydroxylation is 1. The maximum absolute atomic E-state index is 12.8. The van der Waals surface area contributed by atoms with Crippen LogP contribution in [0, 0.1) is 6.92 Å². The molecule has 1 amide bonds. The second-order valence-electron chi connectivity index (χ2n) is 6.26. The second kappa shape index (κ2) is 6.97. The quantitative estimate of drug-likeness (QED) is 0.843. The lowest BCUT2D eigenvalue weighted by atomic mass is 10.2. The van der Waals surface area contributed by atoms with Gasteiger partial charge in [-0.1, -0.05) is 13.0 Å². The van der Waals surface area contributed by atoms with Crippen LogP contribution >= 0.6 is 0 Å². The Morgan fingerprint density at radius 1 is 1.36 bits per heavy atom. The first-order chi connectivity index (χ1) is 11.9. The van der Waals surface area contributed by atoms with E-state index in [0.29, 0.717) is 24.3 Å². The van der Waals surface area contributed by atoms with Gasteiger partial charge in [0.1, 0.15) is 0 Å². The highest BCUT2D eigenvalue weighted by atomic mass is 32.2. The second-order valence-corrected chi connectivity index (χ2v) is 7.94. The molecule has 3 rings (SSSR count). The Morgan fingerprint density at radius 2 is 2.16 bits per heavy atom. The van der Waals surface area contributed by atoms with Crippen molar-refractivity contribution in [1.82, 2.24) is 19.4 Å². The van der Waals surface area contributed by atoms with Crippen molar-refractivity contribution in [2.45, 2.75) is 37.6 Å². The van der Waals surface area contributed by atoms with E-state index in [4.69, 9.17) is 0 Å². The first-order valence-electron chi connectivity index (χ1n) is 8.31. The molecule has 0 radical (unpaired) electrons. The Morgan fingerprint density at radius 3 is 2.84 bits per heavy atom. The summed E-state index contributed by atoms with van der Waals surface area (Å²) in [6.07, 6.45) is 4.46. The summed E-state index contributed by atoms with van der Waals surface area (Å²) in [5.74, 6) is -0.00318. The molecule has 1 aliphatic heterocycles. The number of rotatable bonds is 6. The van der Waals surface area contributed by atoms with Gasteiger partial charge in [-0.3, -0.25) is 4.79 Å². The van der Waals surface area contributed by atoms with Crippen LogP contribution in [0.25, 0.3) is 5.69 Å². The Hall–Kier alpha value is -2.19. The summed E-state index contributed by atoms with van der Waals surface area (Å²) in [6.45, 7) is 4.83. The minimum Gasteiger partial charge on any atom is -0.341 e. The summed E-state index contributed by atoms with van der Waals surface area (Å²) >= 11 is 0. The number of carbonyl (C=O) groups excluding carboxylic acids is 1. The molecule has 0 aliphatic carbocycles. The van der Waals surface area contributed by atoms with Gasteiger partial charge in [0.25, 0.3) is 0 Å². The molecule has 0 spiro atoms. The number of benzene rings is 1. The molecule has 7 nitrogen and oxygen atoms in total. The minimum absolute atomic E-state index is 0.00318. The number of hydrogen-bond acceptors (Lipinski definition) is 4. The zero-order valence-electron chi connectivity index (χ0n) is 14.3. The normalized spacial score (nSPS) is 18.1. The predicted molar refractivity (Wildman–Crippen MR) is 93.9 cm³/mol. The smallest absolute Gasteiger partial charge is 0.241 e. The number of aromatic nitrogens is 2. The van der Waals surface area contributed by atoms with Gasteiger partial charge in [0, 0.05) is 37.9 Å². The molecule has 0 saturated carbocycles. The average Bonchev–Trinajstić information content (AvgIpc) is 3.18. The van der Waals surface area contributed by atoms with Crippen LogP contribution in [0.4, 0.5) is 0 Å². The fourth-order valence-electron chi connectivity index (χ4n) is 3.06. The van der Waals surface area contributed by atoms with Crippen molar-refractivity contribution in [2.75, 3.05) is 13.1 Å². The number of hydrogen-bond donors (Lipinski definition) is 1. The predicted octanol–water partition coefficient (Wildman–Crippen LogP) is 1.47. The summed E-state index contributed by atoms with van der Waals surface area (Å²) in [7, 11) is -3.72. The van der Waals surface area contributed by atoms with Gasteiger partial charge in [0.2, 0.25) is 15.9 Å². The fraction of sp³-hybridized carbons (Fsp3) is 0.412. The van der Waals surface area contributed by atoms with Crippen molar-refractivity contribution in [3.63, 3.8) is 0 Å². The lowest BCUT2D eigenvalue weighted by Gasteiger charge is -2.17. The van der Waals surface area contributed by atoms with Gasteiger partial charge < -0.3 is 4.90 Å². The van der Waals surface area contributed by atoms with E-state index in [0.717, 1.165) is 6.42 Å². The molecule has 1 atom stereocenters. The summed E-state index contributed by atoms with van der Waals surface area (Å²) in [6, 6.07) is 6.57. The lowest BCUT2D eigenvalue weighted by molar-refractivity contribution is -0.127. The highest BCUT2D eigenvalue weighted by Gasteiger charge is 2.32. The number of sulfonamides is 1. The highest BCUT2D eigenvalue weighted by Crippen LogP contribution is 2.21. The van der Waals surface area contributed by atoms with Crippen LogP contribution < -0.4 is 4.72 Å². The number of nitrogens with zero attached hydrogens (tertiary/aromatic N) is 3. The number of likely N-dealkylation sites (tertiary alicyclic amines) is 1. The standard InChI is InChI=1S/C17H22N4O3S/c1-3-8-20-12-14(10-17(20)22)19-25(23,24)16-11-15(6-5-13(16)2)21-9-4-7-18-21/h4-7,9,11,14,19H,3,8,10,12H2,1-2H3/t14-/m1/s1. The van der Waals surface area contributed by atoms with Gasteiger partial charge in [-0.05, 0) is 37.1 Å². The van der Waals surface area contributed by atoms with Crippen LogP contribution in [0.3, 0.4) is 0 Å². The van der Waals surface area contributed by atoms with Gasteiger partial charge in [0.05, 0.1) is 10.6 Å². The molecule has 134 valence electrons. The molecule has 1 N–H and O–H groups in total. The Balaban J connectivity index is 1.83. The molecule has 1 fully saturated rings. The zero-order chi connectivity index (χ0) is 18.0. The third kappa shape index (κ3) is 3.74. The molecule has 25 heavy (non-hydrogen) atoms. The van der Waals surface area contributed by atoms with Crippen LogP contribution in [0.5, 0.6) is 0 Å². The third-order valence-electron chi connectivity index (χ3n) is 4.26. The van der Waals surface area contributed by atoms with Gasteiger partial charge >= 0.3 is 0 Å². The lowest BCUT2D eigenvalue weighted by Crippen LogP contribution is -2.37. The molecule has 0 unspecified atom stereocenters. The maximum Gasteiger partial charge on any atom is 0.241 e. The molecule has 8 heteroatoms. The van der Waals surface area contributed by atoms with Crippen molar-refractivity contribution in [1.29, 1.82) is 0 Å². The summed E-state index contributed by atoms with van der Waals surface area (Å²) in [5, 5.41) is 4.13. The van der Waals surface area contributed by atoms with Crippen molar-refractivity contribution >= 4 is 15.9 Å². The summed E-state index contributed by atoms with van der Waals surface area (Å²) in [4.78, 5) is 13.9. The molecule has 1 aromatic carbocycles. The van der Waals surface area contributed by atoms with Gasteiger partial charge in [0.15, 0.2) is 0 Å². The molecule has 2 heterocycles. The van der Waals surface area contributed by atoms with Crippen LogP contribution in [-0.4, -0.2) is 48.1 Å². The topological polar surface area (TPSA) is 84.3 Å². The minimum atomic E-state index is -3.72. The molecular weight excluding hydrogens is 340 g/mol. The molecular formula is C17H22N4O3S. The summed E-state index contributed by atoms with van der Waals surface area (Å²) < 4.78 is 30.0.